The summed E-state index contributed by atoms with van der Waals surface area (Å²) in [5.74, 6) is -1.28. The third-order valence-electron chi connectivity index (χ3n) is 5.94. The molecule has 0 radical (unpaired) electrons. The summed E-state index contributed by atoms with van der Waals surface area (Å²) in [6, 6.07) is 0. The van der Waals surface area contributed by atoms with Gasteiger partial charge in [0.05, 0.1) is 11.8 Å². The van der Waals surface area contributed by atoms with Crippen LogP contribution in [0.4, 0.5) is 0 Å². The zero-order valence-corrected chi connectivity index (χ0v) is 13.4. The fourth-order valence-electron chi connectivity index (χ4n) is 4.23. The zero-order valence-electron chi connectivity index (χ0n) is 13.4. The van der Waals surface area contributed by atoms with Crippen LogP contribution >= 0.6 is 0 Å². The van der Waals surface area contributed by atoms with Crippen LogP contribution in [0.2, 0.25) is 0 Å². The Labute approximate surface area is 127 Å². The van der Waals surface area contributed by atoms with Crippen molar-refractivity contribution in [3.05, 3.63) is 0 Å². The predicted molar refractivity (Wildman–Crippen MR) is 81.8 cm³/mol. The van der Waals surface area contributed by atoms with E-state index in [9.17, 15) is 14.7 Å². The molecule has 0 spiro atoms. The maximum absolute atomic E-state index is 12.5. The Bertz CT molecular complexity index is 387. The lowest BCUT2D eigenvalue weighted by atomic mass is 9.83. The number of carbonyl (C=O) groups excluding carboxylic acids is 1. The Morgan fingerprint density at radius 1 is 1.14 bits per heavy atom. The number of nitrogens with one attached hydrogen (secondary N) is 1. The number of hydrogen-bond donors (Lipinski definition) is 2. The molecule has 3 unspecified atom stereocenters. The summed E-state index contributed by atoms with van der Waals surface area (Å²) in [4.78, 5) is 23.8. The number of amides is 1. The van der Waals surface area contributed by atoms with Crippen LogP contribution in [-0.4, -0.2) is 23.5 Å². The molecule has 4 nitrogen and oxygen atoms in total. The van der Waals surface area contributed by atoms with Crippen molar-refractivity contribution in [2.24, 2.45) is 23.2 Å². The van der Waals surface area contributed by atoms with Gasteiger partial charge >= 0.3 is 5.97 Å². The van der Waals surface area contributed by atoms with Gasteiger partial charge in [-0.05, 0) is 43.4 Å². The number of rotatable bonds is 6. The fraction of sp³-hybridized carbons (Fsp3) is 0.882. The molecule has 1 amide bonds. The van der Waals surface area contributed by atoms with Gasteiger partial charge in [-0.3, -0.25) is 9.59 Å². The van der Waals surface area contributed by atoms with Crippen LogP contribution in [-0.2, 0) is 9.59 Å². The molecule has 2 aliphatic carbocycles. The van der Waals surface area contributed by atoms with Crippen molar-refractivity contribution in [1.29, 1.82) is 0 Å². The lowest BCUT2D eigenvalue weighted by Crippen LogP contribution is -2.41. The highest BCUT2D eigenvalue weighted by atomic mass is 16.4. The quantitative estimate of drug-likeness (QED) is 0.790. The standard InChI is InChI=1S/C17H29NO3/c1-3-12-9-13(14(10-12)16(20)21)15(19)18-11-17(4-2)7-5-6-8-17/h12-14H,3-11H2,1-2H3,(H,18,19)(H,20,21). The number of aliphatic carboxylic acids is 1. The molecule has 3 atom stereocenters. The first-order valence-corrected chi connectivity index (χ1v) is 8.52. The Morgan fingerprint density at radius 2 is 1.76 bits per heavy atom. The minimum Gasteiger partial charge on any atom is -0.481 e. The molecule has 2 fully saturated rings. The van der Waals surface area contributed by atoms with E-state index in [0.717, 1.165) is 25.8 Å². The van der Waals surface area contributed by atoms with Gasteiger partial charge in [0.25, 0.3) is 0 Å². The van der Waals surface area contributed by atoms with E-state index in [2.05, 4.69) is 19.2 Å². The molecular weight excluding hydrogens is 266 g/mol. The second kappa shape index (κ2) is 6.80. The SMILES string of the molecule is CCC1CC(C(=O)O)C(C(=O)NCC2(CC)CCCC2)C1. The van der Waals surface area contributed by atoms with Gasteiger partial charge in [-0.2, -0.15) is 0 Å². The largest absolute Gasteiger partial charge is 0.481 e. The van der Waals surface area contributed by atoms with E-state index in [1.165, 1.54) is 25.7 Å². The molecule has 21 heavy (non-hydrogen) atoms. The predicted octanol–water partition coefficient (Wildman–Crippen LogP) is 3.21. The van der Waals surface area contributed by atoms with Crippen LogP contribution < -0.4 is 5.32 Å². The molecule has 0 aliphatic heterocycles. The van der Waals surface area contributed by atoms with Gasteiger partial charge in [-0.25, -0.2) is 0 Å². The molecule has 0 aromatic carbocycles. The molecule has 2 rings (SSSR count). The molecule has 0 saturated heterocycles. The van der Waals surface area contributed by atoms with E-state index < -0.39 is 11.9 Å². The van der Waals surface area contributed by atoms with Gasteiger partial charge < -0.3 is 10.4 Å². The van der Waals surface area contributed by atoms with E-state index in [1.54, 1.807) is 0 Å². The smallest absolute Gasteiger partial charge is 0.307 e. The lowest BCUT2D eigenvalue weighted by molar-refractivity contribution is -0.146. The second-order valence-corrected chi connectivity index (χ2v) is 7.08. The van der Waals surface area contributed by atoms with Gasteiger partial charge in [0.2, 0.25) is 5.91 Å². The average Bonchev–Trinajstić information content (AvgIpc) is 3.12. The maximum Gasteiger partial charge on any atom is 0.307 e. The molecule has 2 N–H and O–H groups in total. The number of carbonyl (C=O) groups is 2. The van der Waals surface area contributed by atoms with Crippen molar-refractivity contribution in [1.82, 2.24) is 5.32 Å². The van der Waals surface area contributed by atoms with Crippen LogP contribution in [0.15, 0.2) is 0 Å². The molecule has 0 aromatic rings. The van der Waals surface area contributed by atoms with Crippen molar-refractivity contribution in [2.75, 3.05) is 6.54 Å². The normalized spacial score (nSPS) is 31.2. The third kappa shape index (κ3) is 3.58. The van der Waals surface area contributed by atoms with E-state index in [-0.39, 0.29) is 17.2 Å². The van der Waals surface area contributed by atoms with Crippen molar-refractivity contribution in [3.63, 3.8) is 0 Å². The van der Waals surface area contributed by atoms with Crippen LogP contribution in [0.3, 0.4) is 0 Å². The maximum atomic E-state index is 12.5. The lowest BCUT2D eigenvalue weighted by Gasteiger charge is -2.28. The third-order valence-corrected chi connectivity index (χ3v) is 5.94. The number of carboxylic acids is 1. The van der Waals surface area contributed by atoms with Crippen molar-refractivity contribution in [2.45, 2.75) is 65.2 Å². The minimum absolute atomic E-state index is 0.0296. The van der Waals surface area contributed by atoms with Crippen molar-refractivity contribution < 1.29 is 14.7 Å². The molecule has 0 aromatic heterocycles. The van der Waals surface area contributed by atoms with Crippen LogP contribution in [0.1, 0.15) is 65.2 Å². The summed E-state index contributed by atoms with van der Waals surface area (Å²) >= 11 is 0. The van der Waals surface area contributed by atoms with Crippen molar-refractivity contribution >= 4 is 11.9 Å². The highest BCUT2D eigenvalue weighted by Gasteiger charge is 2.42. The van der Waals surface area contributed by atoms with Gasteiger partial charge in [0.15, 0.2) is 0 Å². The summed E-state index contributed by atoms with van der Waals surface area (Å²) in [5, 5.41) is 12.4. The Kier molecular flexibility index (Phi) is 5.28. The minimum atomic E-state index is -0.808. The molecule has 120 valence electrons. The molecule has 2 saturated carbocycles. The summed E-state index contributed by atoms with van der Waals surface area (Å²) < 4.78 is 0. The average molecular weight is 295 g/mol. The van der Waals surface area contributed by atoms with E-state index in [0.29, 0.717) is 12.3 Å². The summed E-state index contributed by atoms with van der Waals surface area (Å²) in [6.07, 6.45) is 8.33. The first kappa shape index (κ1) is 16.3. The van der Waals surface area contributed by atoms with Crippen LogP contribution in [0.25, 0.3) is 0 Å². The van der Waals surface area contributed by atoms with Gasteiger partial charge in [0.1, 0.15) is 0 Å². The monoisotopic (exact) mass is 295 g/mol. The highest BCUT2D eigenvalue weighted by molar-refractivity contribution is 5.85. The summed E-state index contributed by atoms with van der Waals surface area (Å²) in [6.45, 7) is 5.00. The Balaban J connectivity index is 1.94. The van der Waals surface area contributed by atoms with E-state index in [1.807, 2.05) is 0 Å². The van der Waals surface area contributed by atoms with Crippen molar-refractivity contribution in [3.8, 4) is 0 Å². The topological polar surface area (TPSA) is 66.4 Å². The Hall–Kier alpha value is -1.06. The fourth-order valence-corrected chi connectivity index (χ4v) is 4.23. The van der Waals surface area contributed by atoms with Gasteiger partial charge in [-0.15, -0.1) is 0 Å². The van der Waals surface area contributed by atoms with Crippen LogP contribution in [0, 0.1) is 23.2 Å². The molecule has 4 heteroatoms. The molecule has 2 aliphatic rings. The summed E-state index contributed by atoms with van der Waals surface area (Å²) in [5.41, 5.74) is 0.261. The molecule has 0 heterocycles. The van der Waals surface area contributed by atoms with E-state index >= 15 is 0 Å². The summed E-state index contributed by atoms with van der Waals surface area (Å²) in [7, 11) is 0. The number of carboxylic acid groups (broad SMARTS) is 1. The highest BCUT2D eigenvalue weighted by Crippen LogP contribution is 2.41. The van der Waals surface area contributed by atoms with Gasteiger partial charge in [0, 0.05) is 6.54 Å². The molecule has 0 bridgehead atoms. The van der Waals surface area contributed by atoms with Crippen LogP contribution in [0.5, 0.6) is 0 Å². The molecular formula is C17H29NO3. The second-order valence-electron chi connectivity index (χ2n) is 7.08. The first-order valence-electron chi connectivity index (χ1n) is 8.52. The van der Waals surface area contributed by atoms with Gasteiger partial charge in [-0.1, -0.05) is 33.1 Å². The Morgan fingerprint density at radius 3 is 2.29 bits per heavy atom. The number of hydrogen-bond acceptors (Lipinski definition) is 2. The van der Waals surface area contributed by atoms with E-state index in [4.69, 9.17) is 0 Å². The first-order chi connectivity index (χ1) is 10.0. The zero-order chi connectivity index (χ0) is 15.5.